The topological polar surface area (TPSA) is 50.2 Å². The maximum atomic E-state index is 11.0. The van der Waals surface area contributed by atoms with E-state index in [0.717, 1.165) is 20.3 Å². The molecule has 0 saturated heterocycles. The Labute approximate surface area is 111 Å². The number of hydrogen-bond acceptors (Lipinski definition) is 4. The Bertz CT molecular complexity index is 538. The molecule has 1 aromatic carbocycles. The van der Waals surface area contributed by atoms with Crippen LogP contribution < -0.4 is 0 Å². The summed E-state index contributed by atoms with van der Waals surface area (Å²) in [5, 5.41) is 0. The molecule has 2 rings (SSSR count). The lowest BCUT2D eigenvalue weighted by molar-refractivity contribution is 0.564. The van der Waals surface area contributed by atoms with E-state index in [-0.39, 0.29) is 0 Å². The molecule has 0 amide bonds. The van der Waals surface area contributed by atoms with E-state index >= 15 is 0 Å². The molecule has 0 saturated carbocycles. The molecule has 17 heavy (non-hydrogen) atoms. The highest BCUT2D eigenvalue weighted by Gasteiger charge is 2.07. The van der Waals surface area contributed by atoms with Gasteiger partial charge in [0, 0.05) is 5.75 Å². The number of aromatic nitrogens is 1. The molecule has 2 aromatic rings. The van der Waals surface area contributed by atoms with Gasteiger partial charge in [0.05, 0.1) is 15.1 Å². The summed E-state index contributed by atoms with van der Waals surface area (Å²) < 4.78 is 22.0. The number of nitrogens with zero attached hydrogens (tertiary/aromatic N) is 1. The molecule has 1 heterocycles. The molecule has 1 N–H and O–H groups in total. The van der Waals surface area contributed by atoms with Crippen LogP contribution in [0.15, 0.2) is 27.4 Å². The average molecular weight is 287 g/mol. The molecular weight excluding hydrogens is 274 g/mol. The number of thioether (sulfide) groups is 1. The molecule has 0 spiro atoms. The predicted molar refractivity (Wildman–Crippen MR) is 74.3 cm³/mol. The Kier molecular flexibility index (Phi) is 4.55. The fraction of sp³-hybridized carbons (Fsp3) is 0.364. The Hall–Kier alpha value is -0.430. The van der Waals surface area contributed by atoms with Crippen molar-refractivity contribution in [2.24, 2.45) is 0 Å². The summed E-state index contributed by atoms with van der Waals surface area (Å²) in [6, 6.07) is 5.20. The van der Waals surface area contributed by atoms with E-state index in [1.54, 1.807) is 41.3 Å². The third-order valence-corrected chi connectivity index (χ3v) is 5.17. The first-order chi connectivity index (χ1) is 8.20. The minimum absolute atomic E-state index is 0.436. The molecule has 0 bridgehead atoms. The van der Waals surface area contributed by atoms with Crippen LogP contribution in [-0.2, 0) is 11.1 Å². The van der Waals surface area contributed by atoms with E-state index in [4.69, 9.17) is 4.55 Å². The second kappa shape index (κ2) is 5.95. The number of hydrogen-bond donors (Lipinski definition) is 1. The lowest BCUT2D eigenvalue weighted by atomic mass is 10.3. The van der Waals surface area contributed by atoms with E-state index in [1.165, 1.54) is 12.8 Å². The highest BCUT2D eigenvalue weighted by atomic mass is 32.2. The van der Waals surface area contributed by atoms with Crippen LogP contribution in [0.3, 0.4) is 0 Å². The van der Waals surface area contributed by atoms with E-state index in [9.17, 15) is 4.21 Å². The van der Waals surface area contributed by atoms with Crippen LogP contribution >= 0.6 is 23.1 Å². The lowest BCUT2D eigenvalue weighted by Gasteiger charge is -1.92. The zero-order valence-corrected chi connectivity index (χ0v) is 11.8. The zero-order chi connectivity index (χ0) is 12.3. The van der Waals surface area contributed by atoms with E-state index in [2.05, 4.69) is 11.9 Å². The first-order valence-corrected chi connectivity index (χ1v) is 8.26. The first-order valence-electron chi connectivity index (χ1n) is 5.35. The second-order valence-corrected chi connectivity index (χ2v) is 6.90. The third kappa shape index (κ3) is 3.28. The first kappa shape index (κ1) is 13.0. The molecule has 3 nitrogen and oxygen atoms in total. The van der Waals surface area contributed by atoms with Crippen molar-refractivity contribution in [3.8, 4) is 0 Å². The van der Waals surface area contributed by atoms with E-state index in [1.807, 2.05) is 0 Å². The number of thiazole rings is 1. The van der Waals surface area contributed by atoms with Crippen molar-refractivity contribution in [1.29, 1.82) is 0 Å². The Morgan fingerprint density at radius 2 is 2.35 bits per heavy atom. The van der Waals surface area contributed by atoms with Crippen molar-refractivity contribution in [2.45, 2.75) is 29.0 Å². The average Bonchev–Trinajstić information content (AvgIpc) is 2.70. The maximum absolute atomic E-state index is 11.0. The van der Waals surface area contributed by atoms with Gasteiger partial charge < -0.3 is 4.55 Å². The monoisotopic (exact) mass is 287 g/mol. The van der Waals surface area contributed by atoms with Crippen molar-refractivity contribution in [2.75, 3.05) is 5.75 Å². The van der Waals surface area contributed by atoms with Gasteiger partial charge in [-0.25, -0.2) is 9.19 Å². The summed E-state index contributed by atoms with van der Waals surface area (Å²) in [6.07, 6.45) is 2.37. The third-order valence-electron chi connectivity index (χ3n) is 2.27. The van der Waals surface area contributed by atoms with Crippen LogP contribution in [0.1, 0.15) is 19.8 Å². The molecule has 0 aliphatic rings. The van der Waals surface area contributed by atoms with Crippen molar-refractivity contribution >= 4 is 44.4 Å². The smallest absolute Gasteiger partial charge is 0.186 e. The number of benzene rings is 1. The summed E-state index contributed by atoms with van der Waals surface area (Å²) in [7, 11) is 0. The van der Waals surface area contributed by atoms with Crippen molar-refractivity contribution in [3.05, 3.63) is 18.2 Å². The second-order valence-electron chi connectivity index (χ2n) is 3.56. The van der Waals surface area contributed by atoms with Crippen LogP contribution in [0.25, 0.3) is 10.2 Å². The maximum Gasteiger partial charge on any atom is 0.186 e. The van der Waals surface area contributed by atoms with Gasteiger partial charge in [-0.2, -0.15) is 0 Å². The van der Waals surface area contributed by atoms with Gasteiger partial charge in [-0.1, -0.05) is 25.1 Å². The molecule has 1 unspecified atom stereocenters. The van der Waals surface area contributed by atoms with Crippen LogP contribution in [-0.4, -0.2) is 19.5 Å². The fourth-order valence-electron chi connectivity index (χ4n) is 1.36. The molecule has 92 valence electrons. The fourth-order valence-corrected chi connectivity index (χ4v) is 4.10. The minimum Gasteiger partial charge on any atom is -0.302 e. The summed E-state index contributed by atoms with van der Waals surface area (Å²) in [6.45, 7) is 2.17. The van der Waals surface area contributed by atoms with Crippen molar-refractivity contribution < 1.29 is 8.76 Å². The summed E-state index contributed by atoms with van der Waals surface area (Å²) in [5.74, 6) is 1.08. The molecule has 6 heteroatoms. The summed E-state index contributed by atoms with van der Waals surface area (Å²) >= 11 is 1.43. The molecule has 0 aliphatic carbocycles. The molecular formula is C11H13NO2S3. The Morgan fingerprint density at radius 3 is 3.06 bits per heavy atom. The van der Waals surface area contributed by atoms with Gasteiger partial charge in [0.1, 0.15) is 0 Å². The van der Waals surface area contributed by atoms with Crippen molar-refractivity contribution in [3.63, 3.8) is 0 Å². The highest BCUT2D eigenvalue weighted by molar-refractivity contribution is 8.01. The van der Waals surface area contributed by atoms with Crippen LogP contribution in [0.2, 0.25) is 0 Å². The Morgan fingerprint density at radius 1 is 1.53 bits per heavy atom. The quantitative estimate of drug-likeness (QED) is 0.516. The van der Waals surface area contributed by atoms with Gasteiger partial charge in [0.15, 0.2) is 15.4 Å². The van der Waals surface area contributed by atoms with Crippen molar-refractivity contribution in [1.82, 2.24) is 4.98 Å². The van der Waals surface area contributed by atoms with Gasteiger partial charge in [-0.15, -0.1) is 11.3 Å². The SMILES string of the molecule is CCCCSc1nc2ccc(S(=O)O)cc2s1. The lowest BCUT2D eigenvalue weighted by Crippen LogP contribution is -1.86. The molecule has 1 atom stereocenters. The van der Waals surface area contributed by atoms with E-state index in [0.29, 0.717) is 4.90 Å². The Balaban J connectivity index is 2.21. The standard InChI is InChI=1S/C11H13NO2S3/c1-2-3-6-15-11-12-9-5-4-8(17(13)14)7-10(9)16-11/h4-5,7H,2-3,6H2,1H3,(H,13,14). The normalized spacial score (nSPS) is 13.1. The molecule has 0 fully saturated rings. The largest absolute Gasteiger partial charge is 0.302 e. The van der Waals surface area contributed by atoms with E-state index < -0.39 is 11.1 Å². The minimum atomic E-state index is -1.91. The highest BCUT2D eigenvalue weighted by Crippen LogP contribution is 2.31. The van der Waals surface area contributed by atoms with Gasteiger partial charge in [0.25, 0.3) is 0 Å². The van der Waals surface area contributed by atoms with Gasteiger partial charge in [-0.3, -0.25) is 0 Å². The molecule has 0 radical (unpaired) electrons. The number of fused-ring (bicyclic) bond motifs is 1. The van der Waals surface area contributed by atoms with Crippen LogP contribution in [0.4, 0.5) is 0 Å². The molecule has 0 aliphatic heterocycles. The molecule has 1 aromatic heterocycles. The number of unbranched alkanes of at least 4 members (excludes halogenated alkanes) is 1. The van der Waals surface area contributed by atoms with Crippen LogP contribution in [0, 0.1) is 0 Å². The number of rotatable bonds is 5. The summed E-state index contributed by atoms with van der Waals surface area (Å²) in [5.41, 5.74) is 0.906. The van der Waals surface area contributed by atoms with Gasteiger partial charge in [-0.05, 0) is 24.6 Å². The van der Waals surface area contributed by atoms with Gasteiger partial charge >= 0.3 is 0 Å². The summed E-state index contributed by atoms with van der Waals surface area (Å²) in [4.78, 5) is 4.92. The predicted octanol–water partition coefficient (Wildman–Crippen LogP) is 3.77. The zero-order valence-electron chi connectivity index (χ0n) is 9.38. The van der Waals surface area contributed by atoms with Crippen LogP contribution in [0.5, 0.6) is 0 Å². The van der Waals surface area contributed by atoms with Gasteiger partial charge in [0.2, 0.25) is 0 Å².